The predicted molar refractivity (Wildman–Crippen MR) is 63.0 cm³/mol. The summed E-state index contributed by atoms with van der Waals surface area (Å²) in [5, 5.41) is 0. The summed E-state index contributed by atoms with van der Waals surface area (Å²) in [6.07, 6.45) is 0.897. The van der Waals surface area contributed by atoms with Crippen LogP contribution in [0.1, 0.15) is 12.0 Å². The molecule has 0 heterocycles. The molecule has 2 nitrogen and oxygen atoms in total. The SMILES string of the molecule is Cc1cccc(N(CCF)CCCN)c1. The molecule has 1 rings (SSSR count). The van der Waals surface area contributed by atoms with Gasteiger partial charge in [0.05, 0.1) is 0 Å². The van der Waals surface area contributed by atoms with Gasteiger partial charge in [-0.05, 0) is 37.6 Å². The Labute approximate surface area is 90.9 Å². The van der Waals surface area contributed by atoms with E-state index in [1.54, 1.807) is 0 Å². The first-order chi connectivity index (χ1) is 7.27. The van der Waals surface area contributed by atoms with Gasteiger partial charge in [0.1, 0.15) is 6.67 Å². The fourth-order valence-corrected chi connectivity index (χ4v) is 1.58. The van der Waals surface area contributed by atoms with Gasteiger partial charge in [0.15, 0.2) is 0 Å². The summed E-state index contributed by atoms with van der Waals surface area (Å²) in [6.45, 7) is 3.64. The molecule has 0 atom stereocenters. The minimum Gasteiger partial charge on any atom is -0.369 e. The molecule has 0 spiro atoms. The first-order valence-electron chi connectivity index (χ1n) is 5.35. The van der Waals surface area contributed by atoms with Gasteiger partial charge in [-0.3, -0.25) is 0 Å². The minimum absolute atomic E-state index is 0.321. The van der Waals surface area contributed by atoms with Crippen molar-refractivity contribution in [3.05, 3.63) is 29.8 Å². The first-order valence-corrected chi connectivity index (χ1v) is 5.35. The molecular formula is C12H19FN2. The van der Waals surface area contributed by atoms with Gasteiger partial charge in [0.2, 0.25) is 0 Å². The van der Waals surface area contributed by atoms with Gasteiger partial charge in [-0.25, -0.2) is 4.39 Å². The lowest BCUT2D eigenvalue weighted by Crippen LogP contribution is -2.28. The zero-order valence-corrected chi connectivity index (χ0v) is 9.25. The van der Waals surface area contributed by atoms with E-state index in [1.165, 1.54) is 5.56 Å². The van der Waals surface area contributed by atoms with Crippen molar-refractivity contribution in [2.24, 2.45) is 5.73 Å². The number of benzene rings is 1. The van der Waals surface area contributed by atoms with Crippen LogP contribution >= 0.6 is 0 Å². The standard InChI is InChI=1S/C12H19FN2/c1-11-4-2-5-12(10-11)15(9-6-13)8-3-7-14/h2,4-5,10H,3,6-9,14H2,1H3. The number of nitrogens with zero attached hydrogens (tertiary/aromatic N) is 1. The Morgan fingerprint density at radius 1 is 1.33 bits per heavy atom. The number of aryl methyl sites for hydroxylation is 1. The Balaban J connectivity index is 2.69. The Morgan fingerprint density at radius 2 is 2.13 bits per heavy atom. The second-order valence-corrected chi connectivity index (χ2v) is 3.66. The van der Waals surface area contributed by atoms with Crippen LogP contribution in [0.2, 0.25) is 0 Å². The van der Waals surface area contributed by atoms with E-state index in [0.717, 1.165) is 18.7 Å². The number of hydrogen-bond donors (Lipinski definition) is 1. The molecule has 0 saturated heterocycles. The molecule has 1 aromatic carbocycles. The highest BCUT2D eigenvalue weighted by molar-refractivity contribution is 5.48. The molecule has 0 bridgehead atoms. The first kappa shape index (κ1) is 12.0. The molecule has 0 fully saturated rings. The van der Waals surface area contributed by atoms with Crippen molar-refractivity contribution in [3.63, 3.8) is 0 Å². The van der Waals surface area contributed by atoms with Crippen LogP contribution in [0.4, 0.5) is 10.1 Å². The number of alkyl halides is 1. The van der Waals surface area contributed by atoms with E-state index in [9.17, 15) is 4.39 Å². The van der Waals surface area contributed by atoms with Gasteiger partial charge in [0.25, 0.3) is 0 Å². The smallest absolute Gasteiger partial charge is 0.107 e. The Morgan fingerprint density at radius 3 is 2.73 bits per heavy atom. The van der Waals surface area contributed by atoms with Crippen molar-refractivity contribution in [1.29, 1.82) is 0 Å². The molecular weight excluding hydrogens is 191 g/mol. The molecule has 0 aromatic heterocycles. The highest BCUT2D eigenvalue weighted by Gasteiger charge is 2.05. The summed E-state index contributed by atoms with van der Waals surface area (Å²) in [7, 11) is 0. The molecule has 3 heteroatoms. The molecule has 1 aromatic rings. The average Bonchev–Trinajstić information content (AvgIpc) is 2.24. The number of hydrogen-bond acceptors (Lipinski definition) is 2. The summed E-state index contributed by atoms with van der Waals surface area (Å²) in [5.41, 5.74) is 7.74. The lowest BCUT2D eigenvalue weighted by molar-refractivity contribution is 0.488. The van der Waals surface area contributed by atoms with Gasteiger partial charge in [-0.2, -0.15) is 0 Å². The normalized spacial score (nSPS) is 10.3. The lowest BCUT2D eigenvalue weighted by atomic mass is 10.2. The molecule has 15 heavy (non-hydrogen) atoms. The van der Waals surface area contributed by atoms with Gasteiger partial charge in [0, 0.05) is 18.8 Å². The zero-order valence-electron chi connectivity index (χ0n) is 9.25. The van der Waals surface area contributed by atoms with Crippen molar-refractivity contribution >= 4 is 5.69 Å². The second-order valence-electron chi connectivity index (χ2n) is 3.66. The van der Waals surface area contributed by atoms with E-state index in [0.29, 0.717) is 13.1 Å². The maximum absolute atomic E-state index is 12.4. The number of rotatable bonds is 6. The third-order valence-electron chi connectivity index (χ3n) is 2.35. The Hall–Kier alpha value is -1.09. The fourth-order valence-electron chi connectivity index (χ4n) is 1.58. The van der Waals surface area contributed by atoms with Crippen LogP contribution in [0.15, 0.2) is 24.3 Å². The second kappa shape index (κ2) is 6.40. The van der Waals surface area contributed by atoms with E-state index >= 15 is 0 Å². The topological polar surface area (TPSA) is 29.3 Å². The highest BCUT2D eigenvalue weighted by atomic mass is 19.1. The molecule has 0 aliphatic heterocycles. The molecule has 0 aliphatic carbocycles. The summed E-state index contributed by atoms with van der Waals surface area (Å²) in [4.78, 5) is 2.04. The number of anilines is 1. The van der Waals surface area contributed by atoms with E-state index in [4.69, 9.17) is 5.73 Å². The van der Waals surface area contributed by atoms with E-state index in [1.807, 2.05) is 30.0 Å². The molecule has 84 valence electrons. The van der Waals surface area contributed by atoms with Gasteiger partial charge < -0.3 is 10.6 Å². The summed E-state index contributed by atoms with van der Waals surface area (Å²) >= 11 is 0. The van der Waals surface area contributed by atoms with Crippen LogP contribution in [0.5, 0.6) is 0 Å². The van der Waals surface area contributed by atoms with Crippen LogP contribution in [0.25, 0.3) is 0 Å². The lowest BCUT2D eigenvalue weighted by Gasteiger charge is -2.23. The zero-order chi connectivity index (χ0) is 11.1. The Bertz CT molecular complexity index is 289. The quantitative estimate of drug-likeness (QED) is 0.779. The van der Waals surface area contributed by atoms with Crippen LogP contribution in [-0.2, 0) is 0 Å². The number of halogens is 1. The molecule has 0 aliphatic rings. The number of nitrogens with two attached hydrogens (primary N) is 1. The van der Waals surface area contributed by atoms with Crippen molar-refractivity contribution in [3.8, 4) is 0 Å². The third-order valence-corrected chi connectivity index (χ3v) is 2.35. The van der Waals surface area contributed by atoms with Gasteiger partial charge in [-0.1, -0.05) is 12.1 Å². The van der Waals surface area contributed by atoms with Crippen LogP contribution in [0, 0.1) is 6.92 Å². The molecule has 0 saturated carbocycles. The van der Waals surface area contributed by atoms with Crippen LogP contribution in [-0.4, -0.2) is 26.3 Å². The molecule has 2 N–H and O–H groups in total. The van der Waals surface area contributed by atoms with E-state index in [-0.39, 0.29) is 6.67 Å². The summed E-state index contributed by atoms with van der Waals surface area (Å²) in [6, 6.07) is 8.13. The third kappa shape index (κ3) is 3.88. The maximum atomic E-state index is 12.4. The van der Waals surface area contributed by atoms with Crippen molar-refractivity contribution in [2.45, 2.75) is 13.3 Å². The summed E-state index contributed by atoms with van der Waals surface area (Å²) in [5.74, 6) is 0. The van der Waals surface area contributed by atoms with Crippen molar-refractivity contribution in [1.82, 2.24) is 0 Å². The average molecular weight is 210 g/mol. The molecule has 0 radical (unpaired) electrons. The van der Waals surface area contributed by atoms with Gasteiger partial charge >= 0.3 is 0 Å². The van der Waals surface area contributed by atoms with E-state index in [2.05, 4.69) is 6.07 Å². The summed E-state index contributed by atoms with van der Waals surface area (Å²) < 4.78 is 12.4. The predicted octanol–water partition coefficient (Wildman–Crippen LogP) is 2.12. The molecule has 0 amide bonds. The van der Waals surface area contributed by atoms with Crippen molar-refractivity contribution in [2.75, 3.05) is 31.2 Å². The van der Waals surface area contributed by atoms with Crippen molar-refractivity contribution < 1.29 is 4.39 Å². The largest absolute Gasteiger partial charge is 0.369 e. The van der Waals surface area contributed by atoms with Gasteiger partial charge in [-0.15, -0.1) is 0 Å². The van der Waals surface area contributed by atoms with Crippen LogP contribution in [0.3, 0.4) is 0 Å². The van der Waals surface area contributed by atoms with Crippen LogP contribution < -0.4 is 10.6 Å². The Kier molecular flexibility index (Phi) is 5.12. The molecule has 0 unspecified atom stereocenters. The highest BCUT2D eigenvalue weighted by Crippen LogP contribution is 2.15. The van der Waals surface area contributed by atoms with E-state index < -0.39 is 0 Å². The maximum Gasteiger partial charge on any atom is 0.107 e. The fraction of sp³-hybridized carbons (Fsp3) is 0.500. The minimum atomic E-state index is -0.321. The monoisotopic (exact) mass is 210 g/mol.